The maximum atomic E-state index is 13.6. The van der Waals surface area contributed by atoms with Crippen LogP contribution in [0.4, 0.5) is 17.6 Å². The Balaban J connectivity index is 1.68. The summed E-state index contributed by atoms with van der Waals surface area (Å²) >= 11 is 6.05. The number of benzene rings is 3. The van der Waals surface area contributed by atoms with Crippen molar-refractivity contribution in [2.24, 2.45) is 0 Å². The minimum absolute atomic E-state index is 0.132. The molecule has 0 N–H and O–H groups in total. The Morgan fingerprint density at radius 1 is 1.03 bits per heavy atom. The molecule has 200 valence electrons. The molecule has 2 amide bonds. The van der Waals surface area contributed by atoms with Crippen LogP contribution in [-0.2, 0) is 6.18 Å². The highest BCUT2D eigenvalue weighted by Gasteiger charge is 2.41. The van der Waals surface area contributed by atoms with Gasteiger partial charge in [0, 0.05) is 42.2 Å². The second kappa shape index (κ2) is 10.6. The number of rotatable bonds is 5. The molecule has 10 heteroatoms. The molecule has 1 heterocycles. The van der Waals surface area contributed by atoms with Crippen molar-refractivity contribution in [3.05, 3.63) is 99.3 Å². The summed E-state index contributed by atoms with van der Waals surface area (Å²) in [4.78, 5) is 29.8. The number of hydrogen-bond donors (Lipinski definition) is 0. The first-order chi connectivity index (χ1) is 17.9. The van der Waals surface area contributed by atoms with Gasteiger partial charge in [0.25, 0.3) is 11.8 Å². The Kier molecular flexibility index (Phi) is 7.69. The molecule has 1 unspecified atom stereocenters. The van der Waals surface area contributed by atoms with Crippen LogP contribution >= 0.6 is 11.6 Å². The van der Waals surface area contributed by atoms with E-state index in [-0.39, 0.29) is 36.2 Å². The van der Waals surface area contributed by atoms with Gasteiger partial charge >= 0.3 is 6.18 Å². The smallest absolute Gasteiger partial charge is 0.419 e. The van der Waals surface area contributed by atoms with Gasteiger partial charge < -0.3 is 14.5 Å². The Hall–Kier alpha value is -3.59. The van der Waals surface area contributed by atoms with E-state index >= 15 is 0 Å². The van der Waals surface area contributed by atoms with E-state index in [9.17, 15) is 27.2 Å². The van der Waals surface area contributed by atoms with Crippen molar-refractivity contribution in [2.75, 3.05) is 27.2 Å². The zero-order valence-electron chi connectivity index (χ0n) is 20.9. The van der Waals surface area contributed by atoms with Crippen molar-refractivity contribution in [1.82, 2.24) is 9.80 Å². The highest BCUT2D eigenvalue weighted by atomic mass is 35.5. The number of ether oxygens (including phenoxy) is 1. The number of amides is 2. The first-order valence-electron chi connectivity index (χ1n) is 11.7. The first kappa shape index (κ1) is 27.4. The van der Waals surface area contributed by atoms with Crippen molar-refractivity contribution in [3.8, 4) is 5.75 Å². The van der Waals surface area contributed by atoms with Gasteiger partial charge in [0.1, 0.15) is 11.6 Å². The highest BCUT2D eigenvalue weighted by Crippen LogP contribution is 2.38. The minimum atomic E-state index is -4.71. The number of likely N-dealkylation sites (tertiary alicyclic amines) is 1. The fraction of sp³-hybridized carbons (Fsp3) is 0.286. The van der Waals surface area contributed by atoms with Gasteiger partial charge in [-0.25, -0.2) is 4.39 Å². The van der Waals surface area contributed by atoms with Gasteiger partial charge in [-0.05, 0) is 66.6 Å². The summed E-state index contributed by atoms with van der Waals surface area (Å²) < 4.78 is 59.2. The Labute approximate surface area is 222 Å². The van der Waals surface area contributed by atoms with Crippen LogP contribution in [0.1, 0.15) is 43.3 Å². The molecule has 0 spiro atoms. The van der Waals surface area contributed by atoms with Crippen molar-refractivity contribution >= 4 is 23.4 Å². The summed E-state index contributed by atoms with van der Waals surface area (Å²) in [5, 5.41) is 0.514. The molecular formula is C28H25ClF4N2O3. The lowest BCUT2D eigenvalue weighted by atomic mass is 9.93. The average Bonchev–Trinajstić information content (AvgIpc) is 3.32. The van der Waals surface area contributed by atoms with Gasteiger partial charge in [0.2, 0.25) is 0 Å². The molecule has 0 saturated carbocycles. The second-order valence-corrected chi connectivity index (χ2v) is 9.66. The maximum absolute atomic E-state index is 13.6. The Bertz CT molecular complexity index is 1360. The number of carbonyl (C=O) groups excluding carboxylic acids is 2. The van der Waals surface area contributed by atoms with Crippen molar-refractivity contribution in [2.45, 2.75) is 25.1 Å². The summed E-state index contributed by atoms with van der Waals surface area (Å²) in [6.07, 6.45) is -4.71. The molecule has 38 heavy (non-hydrogen) atoms. The number of halogens is 5. The van der Waals surface area contributed by atoms with Crippen LogP contribution in [-0.4, -0.2) is 54.9 Å². The summed E-state index contributed by atoms with van der Waals surface area (Å²) in [6, 6.07) is 13.5. The minimum Gasteiger partial charge on any atom is -0.496 e. The number of likely N-dealkylation sites (N-methyl/N-ethyl adjacent to an activating group) is 1. The molecule has 4 rings (SSSR count). The third-order valence-corrected chi connectivity index (χ3v) is 7.11. The summed E-state index contributed by atoms with van der Waals surface area (Å²) in [7, 11) is 2.63. The molecule has 3 aromatic carbocycles. The third kappa shape index (κ3) is 5.48. The van der Waals surface area contributed by atoms with Crippen LogP contribution < -0.4 is 4.74 Å². The topological polar surface area (TPSA) is 49.9 Å². The van der Waals surface area contributed by atoms with E-state index in [1.54, 1.807) is 36.1 Å². The lowest BCUT2D eigenvalue weighted by Gasteiger charge is -2.29. The fourth-order valence-corrected chi connectivity index (χ4v) is 4.96. The normalized spacial score (nSPS) is 17.4. The van der Waals surface area contributed by atoms with Crippen LogP contribution in [0.3, 0.4) is 0 Å². The molecule has 0 aromatic heterocycles. The van der Waals surface area contributed by atoms with Crippen LogP contribution in [0.15, 0.2) is 60.7 Å². The number of carbonyl (C=O) groups is 2. The zero-order valence-corrected chi connectivity index (χ0v) is 21.6. The van der Waals surface area contributed by atoms with Gasteiger partial charge in [0.05, 0.1) is 18.7 Å². The average molecular weight is 549 g/mol. The first-order valence-corrected chi connectivity index (χ1v) is 12.1. The molecule has 0 aliphatic carbocycles. The lowest BCUT2D eigenvalue weighted by Crippen LogP contribution is -2.42. The largest absolute Gasteiger partial charge is 0.496 e. The summed E-state index contributed by atoms with van der Waals surface area (Å²) in [5.74, 6) is -2.14. The van der Waals surface area contributed by atoms with Gasteiger partial charge in [-0.2, -0.15) is 13.2 Å². The quantitative estimate of drug-likeness (QED) is 0.357. The molecule has 1 aliphatic rings. The molecule has 1 saturated heterocycles. The summed E-state index contributed by atoms with van der Waals surface area (Å²) in [5.41, 5.74) is 0.415. The predicted molar refractivity (Wildman–Crippen MR) is 135 cm³/mol. The molecular weight excluding hydrogens is 524 g/mol. The zero-order chi connectivity index (χ0) is 27.8. The van der Waals surface area contributed by atoms with Gasteiger partial charge in [-0.1, -0.05) is 23.7 Å². The van der Waals surface area contributed by atoms with Crippen LogP contribution in [0, 0.1) is 12.7 Å². The van der Waals surface area contributed by atoms with Gasteiger partial charge in [0.15, 0.2) is 0 Å². The number of nitrogens with zero attached hydrogens (tertiary/aromatic N) is 2. The fourth-order valence-electron chi connectivity index (χ4n) is 4.84. The summed E-state index contributed by atoms with van der Waals surface area (Å²) in [6.45, 7) is 2.02. The Morgan fingerprint density at radius 2 is 1.71 bits per heavy atom. The van der Waals surface area contributed by atoms with Crippen molar-refractivity contribution < 1.29 is 31.9 Å². The third-order valence-electron chi connectivity index (χ3n) is 6.86. The molecule has 0 bridgehead atoms. The molecule has 1 aliphatic heterocycles. The lowest BCUT2D eigenvalue weighted by molar-refractivity contribution is -0.138. The molecule has 3 aromatic rings. The van der Waals surface area contributed by atoms with E-state index in [1.165, 1.54) is 36.2 Å². The van der Waals surface area contributed by atoms with Gasteiger partial charge in [-0.15, -0.1) is 0 Å². The van der Waals surface area contributed by atoms with E-state index in [4.69, 9.17) is 16.3 Å². The monoisotopic (exact) mass is 548 g/mol. The van der Waals surface area contributed by atoms with E-state index in [1.807, 2.05) is 0 Å². The molecule has 0 radical (unpaired) electrons. The molecule has 5 nitrogen and oxygen atoms in total. The van der Waals surface area contributed by atoms with Gasteiger partial charge in [-0.3, -0.25) is 9.59 Å². The highest BCUT2D eigenvalue weighted by molar-refractivity contribution is 6.30. The van der Waals surface area contributed by atoms with Crippen molar-refractivity contribution in [3.63, 3.8) is 0 Å². The number of methoxy groups -OCH3 is 1. The van der Waals surface area contributed by atoms with E-state index in [0.29, 0.717) is 16.1 Å². The predicted octanol–water partition coefficient (Wildman–Crippen LogP) is 6.20. The number of alkyl halides is 3. The van der Waals surface area contributed by atoms with Crippen molar-refractivity contribution in [1.29, 1.82) is 0 Å². The van der Waals surface area contributed by atoms with Crippen LogP contribution in [0.2, 0.25) is 5.02 Å². The second-order valence-electron chi connectivity index (χ2n) is 9.22. The number of aryl methyl sites for hydroxylation is 1. The molecule has 2 atom stereocenters. The van der Waals surface area contributed by atoms with Crippen LogP contribution in [0.5, 0.6) is 5.75 Å². The SMILES string of the molecule is COc1ccc(C(=O)N(C)C2CN(C(=O)c3ccc(F)cc3C)C[C@@H]2c2ccc(Cl)cc2)cc1C(F)(F)F. The van der Waals surface area contributed by atoms with E-state index in [2.05, 4.69) is 0 Å². The van der Waals surface area contributed by atoms with E-state index < -0.39 is 29.5 Å². The standard InChI is InChI=1S/C28H25ClF4N2O3/c1-16-12-20(30)9-10-21(16)27(37)35-14-22(17-4-7-19(29)8-5-17)24(15-35)34(2)26(36)18-6-11-25(38-3)23(13-18)28(31,32)33/h4-13,22,24H,14-15H2,1-3H3/t22-,24?/m1/s1. The number of hydrogen-bond acceptors (Lipinski definition) is 3. The maximum Gasteiger partial charge on any atom is 0.419 e. The van der Waals surface area contributed by atoms with Crippen LogP contribution in [0.25, 0.3) is 0 Å². The van der Waals surface area contributed by atoms with E-state index in [0.717, 1.165) is 24.8 Å². The molecule has 1 fully saturated rings. The Morgan fingerprint density at radius 3 is 2.32 bits per heavy atom.